The lowest BCUT2D eigenvalue weighted by Crippen LogP contribution is -2.51. The summed E-state index contributed by atoms with van der Waals surface area (Å²) < 4.78 is 0. The molecular formula is C21H29Cl2N3O2. The van der Waals surface area contributed by atoms with Gasteiger partial charge in [-0.15, -0.1) is 12.4 Å². The lowest BCUT2D eigenvalue weighted by atomic mass is 9.84. The number of benzene rings is 1. The molecule has 7 heteroatoms. The quantitative estimate of drug-likeness (QED) is 0.758. The van der Waals surface area contributed by atoms with Crippen LogP contribution in [0.3, 0.4) is 0 Å². The van der Waals surface area contributed by atoms with Gasteiger partial charge in [0, 0.05) is 29.2 Å². The number of hydrogen-bond acceptors (Lipinski definition) is 3. The van der Waals surface area contributed by atoms with E-state index in [9.17, 15) is 9.59 Å². The number of nitrogens with zero attached hydrogens (tertiary/aromatic N) is 1. The lowest BCUT2D eigenvalue weighted by molar-refractivity contribution is -0.125. The first-order valence-corrected chi connectivity index (χ1v) is 10.5. The average Bonchev–Trinajstić information content (AvgIpc) is 3.45. The second-order valence-electron chi connectivity index (χ2n) is 8.33. The van der Waals surface area contributed by atoms with Gasteiger partial charge in [0.25, 0.3) is 5.91 Å². The van der Waals surface area contributed by atoms with Gasteiger partial charge >= 0.3 is 0 Å². The molecule has 28 heavy (non-hydrogen) atoms. The van der Waals surface area contributed by atoms with Crippen LogP contribution in [-0.4, -0.2) is 41.4 Å². The summed E-state index contributed by atoms with van der Waals surface area (Å²) in [5, 5.41) is 3.56. The van der Waals surface area contributed by atoms with Crippen molar-refractivity contribution in [2.75, 3.05) is 6.54 Å². The Labute approximate surface area is 177 Å². The predicted octanol–water partition coefficient (Wildman–Crippen LogP) is 3.39. The van der Waals surface area contributed by atoms with Crippen molar-refractivity contribution in [1.82, 2.24) is 10.2 Å². The van der Waals surface area contributed by atoms with Crippen LogP contribution < -0.4 is 11.1 Å². The molecule has 4 atom stereocenters. The van der Waals surface area contributed by atoms with Gasteiger partial charge in [-0.1, -0.05) is 30.5 Å². The molecule has 3 N–H and O–H groups in total. The van der Waals surface area contributed by atoms with Crippen molar-refractivity contribution in [1.29, 1.82) is 0 Å². The molecule has 5 nitrogen and oxygen atoms in total. The molecule has 0 radical (unpaired) electrons. The number of amides is 2. The van der Waals surface area contributed by atoms with E-state index < -0.39 is 6.04 Å². The zero-order valence-electron chi connectivity index (χ0n) is 16.0. The molecule has 3 fully saturated rings. The van der Waals surface area contributed by atoms with Crippen LogP contribution in [0.2, 0.25) is 5.02 Å². The van der Waals surface area contributed by atoms with Gasteiger partial charge in [-0.3, -0.25) is 9.59 Å². The van der Waals surface area contributed by atoms with Gasteiger partial charge < -0.3 is 16.0 Å². The van der Waals surface area contributed by atoms with E-state index in [4.69, 9.17) is 17.3 Å². The molecule has 0 bridgehead atoms. The maximum absolute atomic E-state index is 13.3. The SMILES string of the molecule is Cl.NC(CNC(=O)C1CC2CCCCC2N1C(=O)c1cccc(Cl)c1)C1CC1. The van der Waals surface area contributed by atoms with E-state index in [1.54, 1.807) is 24.3 Å². The molecule has 2 aliphatic carbocycles. The third kappa shape index (κ3) is 4.47. The first-order valence-electron chi connectivity index (χ1n) is 10.2. The van der Waals surface area contributed by atoms with E-state index in [0.717, 1.165) is 38.5 Å². The van der Waals surface area contributed by atoms with Crippen molar-refractivity contribution in [3.05, 3.63) is 34.9 Å². The van der Waals surface area contributed by atoms with Crippen LogP contribution in [0.5, 0.6) is 0 Å². The summed E-state index contributed by atoms with van der Waals surface area (Å²) in [6, 6.07) is 6.78. The number of halogens is 2. The Morgan fingerprint density at radius 3 is 2.68 bits per heavy atom. The van der Waals surface area contributed by atoms with E-state index in [-0.39, 0.29) is 36.3 Å². The van der Waals surface area contributed by atoms with Crippen LogP contribution in [0.1, 0.15) is 55.3 Å². The van der Waals surface area contributed by atoms with Gasteiger partial charge in [0.1, 0.15) is 6.04 Å². The molecular weight excluding hydrogens is 397 g/mol. The third-order valence-corrected chi connectivity index (χ3v) is 6.67. The van der Waals surface area contributed by atoms with Gasteiger partial charge in [0.15, 0.2) is 0 Å². The first-order chi connectivity index (χ1) is 13.0. The molecule has 2 saturated carbocycles. The van der Waals surface area contributed by atoms with Crippen molar-refractivity contribution in [3.63, 3.8) is 0 Å². The minimum atomic E-state index is -0.406. The highest BCUT2D eigenvalue weighted by Gasteiger charge is 2.47. The Morgan fingerprint density at radius 2 is 1.96 bits per heavy atom. The number of hydrogen-bond donors (Lipinski definition) is 2. The molecule has 3 aliphatic rings. The summed E-state index contributed by atoms with van der Waals surface area (Å²) in [7, 11) is 0. The van der Waals surface area contributed by atoms with E-state index in [1.807, 2.05) is 4.90 Å². The van der Waals surface area contributed by atoms with Crippen molar-refractivity contribution in [2.24, 2.45) is 17.6 Å². The number of nitrogens with one attached hydrogen (secondary N) is 1. The molecule has 154 valence electrons. The summed E-state index contributed by atoms with van der Waals surface area (Å²) >= 11 is 6.09. The molecule has 1 aliphatic heterocycles. The Kier molecular flexibility index (Phi) is 6.89. The number of fused-ring (bicyclic) bond motifs is 1. The minimum Gasteiger partial charge on any atom is -0.353 e. The molecule has 1 saturated heterocycles. The van der Waals surface area contributed by atoms with Crippen molar-refractivity contribution in [3.8, 4) is 0 Å². The Morgan fingerprint density at radius 1 is 1.21 bits per heavy atom. The Balaban J connectivity index is 0.00000225. The number of nitrogens with two attached hydrogens (primary N) is 1. The molecule has 1 aromatic rings. The molecule has 1 aromatic carbocycles. The van der Waals surface area contributed by atoms with E-state index in [1.165, 1.54) is 6.42 Å². The highest BCUT2D eigenvalue weighted by atomic mass is 35.5. The van der Waals surface area contributed by atoms with Gasteiger partial charge in [-0.2, -0.15) is 0 Å². The maximum Gasteiger partial charge on any atom is 0.254 e. The second kappa shape index (κ2) is 9.02. The summed E-state index contributed by atoms with van der Waals surface area (Å²) in [4.78, 5) is 28.1. The molecule has 0 aromatic heterocycles. The fourth-order valence-corrected chi connectivity index (χ4v) is 4.97. The van der Waals surface area contributed by atoms with Gasteiger partial charge in [0.2, 0.25) is 5.91 Å². The summed E-state index contributed by atoms with van der Waals surface area (Å²) in [5.41, 5.74) is 6.69. The maximum atomic E-state index is 13.3. The fraction of sp³-hybridized carbons (Fsp3) is 0.619. The largest absolute Gasteiger partial charge is 0.353 e. The van der Waals surface area contributed by atoms with Crippen LogP contribution in [0.4, 0.5) is 0 Å². The Hall–Kier alpha value is -1.30. The summed E-state index contributed by atoms with van der Waals surface area (Å²) in [5.74, 6) is 0.810. The molecule has 2 amide bonds. The standard InChI is InChI=1S/C21H28ClN3O2.ClH/c22-16-6-3-5-15(10-16)21(27)25-18-7-2-1-4-14(18)11-19(25)20(26)24-12-17(23)13-8-9-13;/h3,5-6,10,13-14,17-19H,1-2,4,7-9,11-12,23H2,(H,24,26);1H. The number of carbonyl (C=O) groups excluding carboxylic acids is 2. The predicted molar refractivity (Wildman–Crippen MR) is 113 cm³/mol. The summed E-state index contributed by atoms with van der Waals surface area (Å²) in [6.07, 6.45) is 7.43. The number of likely N-dealkylation sites (tertiary alicyclic amines) is 1. The van der Waals surface area contributed by atoms with Crippen LogP contribution in [0.25, 0.3) is 0 Å². The van der Waals surface area contributed by atoms with Gasteiger partial charge in [-0.05, 0) is 62.1 Å². The average molecular weight is 426 g/mol. The minimum absolute atomic E-state index is 0. The highest BCUT2D eigenvalue weighted by molar-refractivity contribution is 6.31. The molecule has 4 rings (SSSR count). The zero-order chi connectivity index (χ0) is 19.0. The third-order valence-electron chi connectivity index (χ3n) is 6.44. The smallest absolute Gasteiger partial charge is 0.254 e. The van der Waals surface area contributed by atoms with Gasteiger partial charge in [-0.25, -0.2) is 0 Å². The fourth-order valence-electron chi connectivity index (χ4n) is 4.78. The first kappa shape index (κ1) is 21.4. The normalized spacial score (nSPS) is 27.5. The monoisotopic (exact) mass is 425 g/mol. The second-order valence-corrected chi connectivity index (χ2v) is 8.77. The van der Waals surface area contributed by atoms with E-state index in [0.29, 0.717) is 29.0 Å². The Bertz CT molecular complexity index is 725. The van der Waals surface area contributed by atoms with E-state index in [2.05, 4.69) is 5.32 Å². The van der Waals surface area contributed by atoms with Crippen LogP contribution in [-0.2, 0) is 4.79 Å². The van der Waals surface area contributed by atoms with Crippen LogP contribution >= 0.6 is 24.0 Å². The van der Waals surface area contributed by atoms with Gasteiger partial charge in [0.05, 0.1) is 0 Å². The molecule has 0 spiro atoms. The topological polar surface area (TPSA) is 75.4 Å². The van der Waals surface area contributed by atoms with Crippen molar-refractivity contribution in [2.45, 2.75) is 63.1 Å². The molecule has 4 unspecified atom stereocenters. The lowest BCUT2D eigenvalue weighted by Gasteiger charge is -2.33. The van der Waals surface area contributed by atoms with Crippen LogP contribution in [0.15, 0.2) is 24.3 Å². The molecule has 1 heterocycles. The van der Waals surface area contributed by atoms with E-state index >= 15 is 0 Å². The highest BCUT2D eigenvalue weighted by Crippen LogP contribution is 2.40. The number of carbonyl (C=O) groups is 2. The van der Waals surface area contributed by atoms with Crippen LogP contribution in [0, 0.1) is 11.8 Å². The van der Waals surface area contributed by atoms with Crippen molar-refractivity contribution < 1.29 is 9.59 Å². The number of rotatable bonds is 5. The summed E-state index contributed by atoms with van der Waals surface area (Å²) in [6.45, 7) is 0.495. The van der Waals surface area contributed by atoms with Crippen molar-refractivity contribution >= 4 is 35.8 Å². The zero-order valence-corrected chi connectivity index (χ0v) is 17.6.